The zero-order chi connectivity index (χ0) is 14.7. The predicted molar refractivity (Wildman–Crippen MR) is 91.6 cm³/mol. The zero-order valence-electron chi connectivity index (χ0n) is 11.5. The lowest BCUT2D eigenvalue weighted by Crippen LogP contribution is -2.02. The van der Waals surface area contributed by atoms with E-state index in [2.05, 4.69) is 48.7 Å². The fraction of sp³-hybridized carbons (Fsp3) is 0.125. The number of nitrogens with one attached hydrogen (secondary N) is 1. The predicted octanol–water partition coefficient (Wildman–Crippen LogP) is 4.89. The van der Waals surface area contributed by atoms with E-state index in [1.54, 1.807) is 11.3 Å². The van der Waals surface area contributed by atoms with Crippen LogP contribution < -0.4 is 5.32 Å². The molecule has 0 spiro atoms. The van der Waals surface area contributed by atoms with Crippen molar-refractivity contribution in [1.82, 2.24) is 9.97 Å². The smallest absolute Gasteiger partial charge is 0.161 e. The van der Waals surface area contributed by atoms with Gasteiger partial charge in [-0.2, -0.15) is 0 Å². The highest BCUT2D eigenvalue weighted by molar-refractivity contribution is 9.10. The van der Waals surface area contributed by atoms with Crippen LogP contribution in [-0.2, 0) is 6.54 Å². The highest BCUT2D eigenvalue weighted by Crippen LogP contribution is 2.21. The average Bonchev–Trinajstić information content (AvgIpc) is 2.99. The summed E-state index contributed by atoms with van der Waals surface area (Å²) in [4.78, 5) is 10.4. The van der Waals surface area contributed by atoms with Crippen LogP contribution in [0, 0.1) is 6.92 Å². The molecule has 0 aliphatic heterocycles. The number of halogens is 1. The second-order valence-electron chi connectivity index (χ2n) is 4.66. The maximum Gasteiger partial charge on any atom is 0.161 e. The first-order valence-corrected chi connectivity index (χ1v) is 8.26. The maximum atomic E-state index is 4.60. The maximum absolute atomic E-state index is 4.60. The van der Waals surface area contributed by atoms with Gasteiger partial charge in [0, 0.05) is 26.7 Å². The van der Waals surface area contributed by atoms with E-state index in [0.29, 0.717) is 0 Å². The summed E-state index contributed by atoms with van der Waals surface area (Å²) in [5.41, 5.74) is 1.97. The molecule has 0 aliphatic carbocycles. The average molecular weight is 360 g/mol. The summed E-state index contributed by atoms with van der Waals surface area (Å²) < 4.78 is 1.05. The van der Waals surface area contributed by atoms with Gasteiger partial charge in [0.15, 0.2) is 5.82 Å². The van der Waals surface area contributed by atoms with Gasteiger partial charge in [-0.25, -0.2) is 9.97 Å². The first-order chi connectivity index (χ1) is 10.2. The van der Waals surface area contributed by atoms with Crippen molar-refractivity contribution in [3.63, 3.8) is 0 Å². The second-order valence-corrected chi connectivity index (χ2v) is 6.61. The van der Waals surface area contributed by atoms with Gasteiger partial charge in [-0.15, -0.1) is 11.3 Å². The van der Waals surface area contributed by atoms with Crippen LogP contribution in [0.5, 0.6) is 0 Å². The van der Waals surface area contributed by atoms with Gasteiger partial charge >= 0.3 is 0 Å². The van der Waals surface area contributed by atoms with Crippen molar-refractivity contribution in [1.29, 1.82) is 0 Å². The molecule has 0 unspecified atom stereocenters. The van der Waals surface area contributed by atoms with Crippen LogP contribution >= 0.6 is 27.3 Å². The molecule has 0 radical (unpaired) electrons. The Kier molecular flexibility index (Phi) is 4.31. The third-order valence-electron chi connectivity index (χ3n) is 2.98. The number of aryl methyl sites for hydroxylation is 1. The van der Waals surface area contributed by atoms with Crippen molar-refractivity contribution in [2.75, 3.05) is 5.32 Å². The molecule has 5 heteroatoms. The fourth-order valence-corrected chi connectivity index (χ4v) is 2.89. The number of hydrogen-bond donors (Lipinski definition) is 1. The van der Waals surface area contributed by atoms with E-state index < -0.39 is 0 Å². The molecule has 2 heterocycles. The number of benzene rings is 1. The SMILES string of the molecule is Cc1cc(NCc2cccs2)nc(-c2ccc(Br)cc2)n1. The van der Waals surface area contributed by atoms with Crippen LogP contribution in [0.4, 0.5) is 5.82 Å². The van der Waals surface area contributed by atoms with Crippen LogP contribution in [0.25, 0.3) is 11.4 Å². The lowest BCUT2D eigenvalue weighted by molar-refractivity contribution is 1.07. The molecule has 3 rings (SSSR count). The minimum absolute atomic E-state index is 0.746. The second kappa shape index (κ2) is 6.37. The summed E-state index contributed by atoms with van der Waals surface area (Å²) in [6.07, 6.45) is 0. The Bertz CT molecular complexity index is 724. The number of hydrogen-bond acceptors (Lipinski definition) is 4. The van der Waals surface area contributed by atoms with Crippen molar-refractivity contribution in [3.05, 3.63) is 62.9 Å². The molecule has 106 valence electrons. The Morgan fingerprint density at radius 1 is 1.14 bits per heavy atom. The Morgan fingerprint density at radius 3 is 2.67 bits per heavy atom. The quantitative estimate of drug-likeness (QED) is 0.720. The largest absolute Gasteiger partial charge is 0.365 e. The normalized spacial score (nSPS) is 10.6. The standard InChI is InChI=1S/C16H14BrN3S/c1-11-9-15(18-10-14-3-2-8-21-14)20-16(19-11)12-4-6-13(17)7-5-12/h2-9H,10H2,1H3,(H,18,19,20). The molecule has 3 nitrogen and oxygen atoms in total. The Hall–Kier alpha value is -1.72. The summed E-state index contributed by atoms with van der Waals surface area (Å²) in [5, 5.41) is 5.44. The molecule has 1 N–H and O–H groups in total. The summed E-state index contributed by atoms with van der Waals surface area (Å²) in [7, 11) is 0. The molecule has 0 saturated carbocycles. The fourth-order valence-electron chi connectivity index (χ4n) is 1.98. The van der Waals surface area contributed by atoms with Gasteiger partial charge in [-0.3, -0.25) is 0 Å². The molecule has 0 atom stereocenters. The highest BCUT2D eigenvalue weighted by Gasteiger charge is 2.05. The van der Waals surface area contributed by atoms with Gasteiger partial charge in [0.1, 0.15) is 5.82 Å². The lowest BCUT2D eigenvalue weighted by Gasteiger charge is -2.08. The van der Waals surface area contributed by atoms with Gasteiger partial charge in [0.2, 0.25) is 0 Å². The van der Waals surface area contributed by atoms with Gasteiger partial charge in [-0.05, 0) is 30.5 Å². The Balaban J connectivity index is 1.83. The van der Waals surface area contributed by atoms with E-state index >= 15 is 0 Å². The number of nitrogens with zero attached hydrogens (tertiary/aromatic N) is 2. The number of rotatable bonds is 4. The van der Waals surface area contributed by atoms with Crippen molar-refractivity contribution in [2.45, 2.75) is 13.5 Å². The van der Waals surface area contributed by atoms with Crippen LogP contribution in [0.3, 0.4) is 0 Å². The first-order valence-electron chi connectivity index (χ1n) is 6.58. The lowest BCUT2D eigenvalue weighted by atomic mass is 10.2. The molecular weight excluding hydrogens is 346 g/mol. The summed E-state index contributed by atoms with van der Waals surface area (Å²) >= 11 is 5.18. The van der Waals surface area contributed by atoms with Gasteiger partial charge in [0.25, 0.3) is 0 Å². The Morgan fingerprint density at radius 2 is 1.95 bits per heavy atom. The molecule has 0 aliphatic rings. The monoisotopic (exact) mass is 359 g/mol. The van der Waals surface area contributed by atoms with E-state index in [1.165, 1.54) is 4.88 Å². The molecule has 0 amide bonds. The summed E-state index contributed by atoms with van der Waals surface area (Å²) in [5.74, 6) is 1.60. The zero-order valence-corrected chi connectivity index (χ0v) is 13.9. The Labute approximate surface area is 136 Å². The van der Waals surface area contributed by atoms with E-state index in [4.69, 9.17) is 0 Å². The van der Waals surface area contributed by atoms with Crippen LogP contribution in [0.1, 0.15) is 10.6 Å². The highest BCUT2D eigenvalue weighted by atomic mass is 79.9. The van der Waals surface area contributed by atoms with Crippen molar-refractivity contribution < 1.29 is 0 Å². The van der Waals surface area contributed by atoms with Crippen LogP contribution in [0.2, 0.25) is 0 Å². The van der Waals surface area contributed by atoms with Gasteiger partial charge in [-0.1, -0.05) is 34.1 Å². The molecule has 21 heavy (non-hydrogen) atoms. The van der Waals surface area contributed by atoms with Gasteiger partial charge in [0.05, 0.1) is 6.54 Å². The molecule has 0 bridgehead atoms. The molecule has 3 aromatic rings. The minimum atomic E-state index is 0.746. The summed E-state index contributed by atoms with van der Waals surface area (Å²) in [6, 6.07) is 14.2. The van der Waals surface area contributed by atoms with E-state index in [-0.39, 0.29) is 0 Å². The minimum Gasteiger partial charge on any atom is -0.365 e. The van der Waals surface area contributed by atoms with Crippen LogP contribution in [-0.4, -0.2) is 9.97 Å². The third-order valence-corrected chi connectivity index (χ3v) is 4.39. The van der Waals surface area contributed by atoms with Crippen molar-refractivity contribution in [2.24, 2.45) is 0 Å². The topological polar surface area (TPSA) is 37.8 Å². The van der Waals surface area contributed by atoms with Crippen molar-refractivity contribution in [3.8, 4) is 11.4 Å². The molecule has 0 fully saturated rings. The molecular formula is C16H14BrN3S. The molecule has 1 aromatic carbocycles. The van der Waals surface area contributed by atoms with E-state index in [0.717, 1.165) is 33.9 Å². The van der Waals surface area contributed by atoms with E-state index in [1.807, 2.05) is 37.3 Å². The van der Waals surface area contributed by atoms with Crippen molar-refractivity contribution >= 4 is 33.1 Å². The van der Waals surface area contributed by atoms with E-state index in [9.17, 15) is 0 Å². The number of anilines is 1. The molecule has 0 saturated heterocycles. The molecule has 2 aromatic heterocycles. The van der Waals surface area contributed by atoms with Crippen LogP contribution in [0.15, 0.2) is 52.3 Å². The summed E-state index contributed by atoms with van der Waals surface area (Å²) in [6.45, 7) is 2.77. The van der Waals surface area contributed by atoms with Gasteiger partial charge < -0.3 is 5.32 Å². The first kappa shape index (κ1) is 14.2. The number of aromatic nitrogens is 2. The number of thiophene rings is 1. The third kappa shape index (κ3) is 3.68.